The highest BCUT2D eigenvalue weighted by atomic mass is 35.5. The summed E-state index contributed by atoms with van der Waals surface area (Å²) in [5.74, 6) is -3.11. The molecule has 14 nitrogen and oxygen atoms in total. The molecule has 3 aliphatic rings. The Morgan fingerprint density at radius 2 is 1.71 bits per heavy atom. The fourth-order valence-corrected chi connectivity index (χ4v) is 10.3. The Morgan fingerprint density at radius 3 is 2.42 bits per heavy atom. The number of nitrogens with zero attached hydrogens (tertiary/aromatic N) is 3. The van der Waals surface area contributed by atoms with E-state index in [1.807, 2.05) is 115 Å². The van der Waals surface area contributed by atoms with Gasteiger partial charge in [0.25, 0.3) is 0 Å². The van der Waals surface area contributed by atoms with Crippen molar-refractivity contribution in [1.82, 2.24) is 9.88 Å². The van der Waals surface area contributed by atoms with Gasteiger partial charge in [-0.05, 0) is 90.6 Å². The lowest BCUT2D eigenvalue weighted by Gasteiger charge is -2.48. The molecular weight excluding hydrogens is 854 g/mol. The van der Waals surface area contributed by atoms with E-state index < -0.39 is 83.8 Å². The fraction of sp³-hybridized carbons (Fsp3) is 0.600. The second kappa shape index (κ2) is 21.5. The van der Waals surface area contributed by atoms with Crippen molar-refractivity contribution in [3.05, 3.63) is 89.4 Å². The molecule has 65 heavy (non-hydrogen) atoms. The molecule has 0 unspecified atom stereocenters. The van der Waals surface area contributed by atoms with Gasteiger partial charge in [-0.1, -0.05) is 86.9 Å². The molecule has 0 bridgehead atoms. The number of allylic oxidation sites excluding steroid dienone is 1. The highest BCUT2D eigenvalue weighted by Crippen LogP contribution is 2.43. The number of oxime groups is 1. The number of pyridine rings is 1. The first-order valence-electron chi connectivity index (χ1n) is 22.8. The Labute approximate surface area is 388 Å². The predicted octanol–water partition coefficient (Wildman–Crippen LogP) is 8.68. The Hall–Kier alpha value is -4.31. The van der Waals surface area contributed by atoms with Gasteiger partial charge in [-0.25, -0.2) is 4.79 Å². The predicted molar refractivity (Wildman–Crippen MR) is 247 cm³/mol. The first kappa shape index (κ1) is 50.1. The molecule has 356 valence electrons. The zero-order valence-electron chi connectivity index (χ0n) is 39.6. The smallest absolute Gasteiger partial charge is 0.497 e. The van der Waals surface area contributed by atoms with E-state index >= 15 is 0 Å². The van der Waals surface area contributed by atoms with Gasteiger partial charge < -0.3 is 48.0 Å². The van der Waals surface area contributed by atoms with E-state index in [-0.39, 0.29) is 25.2 Å². The summed E-state index contributed by atoms with van der Waals surface area (Å²) in [7, 11) is 5.45. The van der Waals surface area contributed by atoms with E-state index in [9.17, 15) is 14.7 Å². The van der Waals surface area contributed by atoms with Gasteiger partial charge in [-0.2, -0.15) is 0 Å². The van der Waals surface area contributed by atoms with Gasteiger partial charge in [-0.3, -0.25) is 9.78 Å². The SMILES string of the molecule is CC[C@H]1OC(=O)[C@H](C)[C@@H](O/C=C\Cc2cncc3ccccc23)[C@H](C)[C@@H](O[C@@H]2O[C@H](C)C[C@H](N(C)C)[C@H]2O)[C@](C)(OC)C[C@@H](C)/C(=N\OCc2ccccc2Cl)[C@H](C)[C@H]2OC(=O)O[C@@]21C. The summed E-state index contributed by atoms with van der Waals surface area (Å²) < 4.78 is 45.0. The molecule has 3 aromatic rings. The molecule has 6 rings (SSSR count). The first-order valence-corrected chi connectivity index (χ1v) is 23.2. The number of aliphatic hydroxyl groups is 1. The second-order valence-electron chi connectivity index (χ2n) is 18.7. The monoisotopic (exact) mass is 921 g/mol. The molecule has 4 heterocycles. The van der Waals surface area contributed by atoms with E-state index in [0.717, 1.165) is 21.9 Å². The van der Waals surface area contributed by atoms with Crippen LogP contribution in [0.15, 0.2) is 78.4 Å². The molecule has 1 N–H and O–H groups in total. The van der Waals surface area contributed by atoms with Crippen LogP contribution >= 0.6 is 11.6 Å². The van der Waals surface area contributed by atoms with Crippen LogP contribution in [-0.4, -0.2) is 114 Å². The molecule has 0 spiro atoms. The van der Waals surface area contributed by atoms with E-state index in [2.05, 4.69) is 11.1 Å². The average molecular weight is 923 g/mol. The van der Waals surface area contributed by atoms with Gasteiger partial charge in [-0.15, -0.1) is 0 Å². The molecular formula is C50H68ClN3O11. The molecule has 0 aliphatic carbocycles. The number of carbonyl (C=O) groups is 2. The number of aliphatic hydroxyl groups excluding tert-OH is 1. The van der Waals surface area contributed by atoms with Crippen LogP contribution in [0, 0.1) is 23.7 Å². The Balaban J connectivity index is 1.45. The number of halogens is 1. The number of likely N-dealkylation sites (N-methyl/N-ethyl adjacent to an activating group) is 1. The van der Waals surface area contributed by atoms with Crippen molar-refractivity contribution in [2.75, 3.05) is 21.2 Å². The summed E-state index contributed by atoms with van der Waals surface area (Å²) in [4.78, 5) is 40.3. The Morgan fingerprint density at radius 1 is 0.985 bits per heavy atom. The van der Waals surface area contributed by atoms with Crippen molar-refractivity contribution in [3.8, 4) is 0 Å². The van der Waals surface area contributed by atoms with Gasteiger partial charge in [0.05, 0.1) is 35.7 Å². The van der Waals surface area contributed by atoms with Crippen LogP contribution in [0.3, 0.4) is 0 Å². The third-order valence-corrected chi connectivity index (χ3v) is 14.1. The van der Waals surface area contributed by atoms with Crippen LogP contribution in [0.5, 0.6) is 0 Å². The van der Waals surface area contributed by atoms with Crippen LogP contribution in [0.25, 0.3) is 10.8 Å². The number of benzene rings is 2. The maximum atomic E-state index is 14.7. The molecule has 1 aromatic heterocycles. The zero-order chi connectivity index (χ0) is 47.2. The maximum Gasteiger partial charge on any atom is 0.509 e. The van der Waals surface area contributed by atoms with Crippen LogP contribution in [0.2, 0.25) is 5.02 Å². The van der Waals surface area contributed by atoms with Crippen molar-refractivity contribution in [3.63, 3.8) is 0 Å². The minimum Gasteiger partial charge on any atom is -0.497 e. The third-order valence-electron chi connectivity index (χ3n) is 13.8. The topological polar surface area (TPSA) is 157 Å². The van der Waals surface area contributed by atoms with Crippen molar-refractivity contribution in [1.29, 1.82) is 0 Å². The number of ether oxygens (including phenoxy) is 7. The van der Waals surface area contributed by atoms with Gasteiger partial charge in [0.1, 0.15) is 24.9 Å². The van der Waals surface area contributed by atoms with Gasteiger partial charge in [0, 0.05) is 59.3 Å². The lowest BCUT2D eigenvalue weighted by atomic mass is 9.73. The highest BCUT2D eigenvalue weighted by molar-refractivity contribution is 6.31. The lowest BCUT2D eigenvalue weighted by Crippen LogP contribution is -2.60. The molecule has 3 fully saturated rings. The standard InChI is InChI=1S/C50H68ClN3O11/c1-12-40-50(8)45(64-48(57)65-50)31(4)41(53-60-28-36-19-14-16-22-38(36)51)29(2)25-49(7,58-11)44(63-47-42(55)39(54(9)10)24-30(3)61-47)32(5)43(33(6)46(56)62-40)59-23-17-20-35-27-52-26-34-18-13-15-21-37(34)35/h13-19,21-23,26-27,29-33,39-40,42-45,47,55H,12,20,24-25,28H2,1-11H3/b23-17-,53-41+/t29-,30-,31+,32+,33-,39+,40-,42-,43+,44-,45-,47+,49-,50-/m1/s1. The number of rotatable bonds is 12. The highest BCUT2D eigenvalue weighted by Gasteiger charge is 2.59. The fourth-order valence-electron chi connectivity index (χ4n) is 10.1. The van der Waals surface area contributed by atoms with Crippen LogP contribution in [-0.2, 0) is 55.8 Å². The van der Waals surface area contributed by atoms with Gasteiger partial charge in [0.15, 0.2) is 18.0 Å². The van der Waals surface area contributed by atoms with Crippen LogP contribution < -0.4 is 0 Å². The van der Waals surface area contributed by atoms with Gasteiger partial charge in [0.2, 0.25) is 0 Å². The second-order valence-corrected chi connectivity index (χ2v) is 19.1. The van der Waals surface area contributed by atoms with E-state index in [0.29, 0.717) is 30.0 Å². The minimum atomic E-state index is -1.41. The van der Waals surface area contributed by atoms with Gasteiger partial charge >= 0.3 is 12.1 Å². The quantitative estimate of drug-likeness (QED) is 0.105. The Bertz CT molecular complexity index is 2150. The van der Waals surface area contributed by atoms with Crippen LogP contribution in [0.1, 0.15) is 85.8 Å². The number of fused-ring (bicyclic) bond motifs is 2. The van der Waals surface area contributed by atoms with Crippen molar-refractivity contribution in [2.24, 2.45) is 28.8 Å². The number of hydrogen-bond acceptors (Lipinski definition) is 14. The maximum absolute atomic E-state index is 14.7. The number of carbonyl (C=O) groups excluding carboxylic acids is 2. The van der Waals surface area contributed by atoms with E-state index in [4.69, 9.17) is 54.8 Å². The number of methoxy groups -OCH3 is 1. The zero-order valence-corrected chi connectivity index (χ0v) is 40.4. The van der Waals surface area contributed by atoms with Crippen molar-refractivity contribution in [2.45, 2.75) is 148 Å². The molecule has 3 aliphatic heterocycles. The first-order chi connectivity index (χ1) is 30.9. The molecule has 2 aromatic carbocycles. The minimum absolute atomic E-state index is 0.0733. The molecule has 15 heteroatoms. The number of cyclic esters (lactones) is 1. The summed E-state index contributed by atoms with van der Waals surface area (Å²) in [5.41, 5.74) is -0.282. The molecule has 14 atom stereocenters. The number of hydrogen-bond donors (Lipinski definition) is 1. The molecule has 0 radical (unpaired) electrons. The summed E-state index contributed by atoms with van der Waals surface area (Å²) in [6.07, 6.45) is 2.05. The normalized spacial score (nSPS) is 35.6. The summed E-state index contributed by atoms with van der Waals surface area (Å²) in [6.45, 7) is 15.2. The molecule has 3 saturated heterocycles. The van der Waals surface area contributed by atoms with E-state index in [1.165, 1.54) is 0 Å². The largest absolute Gasteiger partial charge is 0.509 e. The third kappa shape index (κ3) is 11.1. The van der Waals surface area contributed by atoms with Crippen molar-refractivity contribution >= 4 is 40.2 Å². The summed E-state index contributed by atoms with van der Waals surface area (Å²) in [5, 5.41) is 19.2. The average Bonchev–Trinajstić information content (AvgIpc) is 3.60. The number of aromatic nitrogens is 1. The molecule has 0 amide bonds. The summed E-state index contributed by atoms with van der Waals surface area (Å²) in [6, 6.07) is 15.1. The van der Waals surface area contributed by atoms with Crippen molar-refractivity contribution < 1.29 is 52.7 Å². The Kier molecular flexibility index (Phi) is 16.6. The summed E-state index contributed by atoms with van der Waals surface area (Å²) >= 11 is 6.50. The van der Waals surface area contributed by atoms with E-state index in [1.54, 1.807) is 33.3 Å². The molecule has 0 saturated carbocycles. The van der Waals surface area contributed by atoms with Crippen LogP contribution in [0.4, 0.5) is 4.79 Å². The lowest BCUT2D eigenvalue weighted by molar-refractivity contribution is -0.301. The number of esters is 1.